The molecule has 5 heteroatoms. The SMILES string of the molecule is CC(C)OCCN(C)Cc1cccnc1C(N)=S. The number of aromatic nitrogens is 1. The van der Waals surface area contributed by atoms with Crippen LogP contribution >= 0.6 is 12.2 Å². The molecule has 100 valence electrons. The van der Waals surface area contributed by atoms with E-state index in [-0.39, 0.29) is 6.10 Å². The van der Waals surface area contributed by atoms with Gasteiger partial charge in [0, 0.05) is 19.3 Å². The summed E-state index contributed by atoms with van der Waals surface area (Å²) in [6, 6.07) is 3.90. The number of ether oxygens (including phenoxy) is 1. The Morgan fingerprint density at radius 3 is 2.89 bits per heavy atom. The fourth-order valence-corrected chi connectivity index (χ4v) is 1.79. The van der Waals surface area contributed by atoms with Crippen molar-refractivity contribution in [3.05, 3.63) is 29.6 Å². The summed E-state index contributed by atoms with van der Waals surface area (Å²) >= 11 is 5.00. The molecule has 1 aromatic rings. The Kier molecular flexibility index (Phi) is 6.18. The van der Waals surface area contributed by atoms with Gasteiger partial charge in [0.2, 0.25) is 0 Å². The van der Waals surface area contributed by atoms with Gasteiger partial charge < -0.3 is 10.5 Å². The maximum atomic E-state index is 5.66. The average molecular weight is 267 g/mol. The van der Waals surface area contributed by atoms with E-state index in [1.807, 2.05) is 33.0 Å². The number of nitrogens with zero attached hydrogens (tertiary/aromatic N) is 2. The van der Waals surface area contributed by atoms with E-state index in [9.17, 15) is 0 Å². The lowest BCUT2D eigenvalue weighted by atomic mass is 10.2. The molecule has 0 aliphatic carbocycles. The van der Waals surface area contributed by atoms with Crippen LogP contribution in [0.15, 0.2) is 18.3 Å². The Labute approximate surface area is 114 Å². The first kappa shape index (κ1) is 15.0. The van der Waals surface area contributed by atoms with Crippen molar-refractivity contribution in [1.82, 2.24) is 9.88 Å². The number of nitrogens with two attached hydrogens (primary N) is 1. The molecule has 0 bridgehead atoms. The van der Waals surface area contributed by atoms with Crippen LogP contribution in [0.4, 0.5) is 0 Å². The smallest absolute Gasteiger partial charge is 0.123 e. The molecule has 1 rings (SSSR count). The highest BCUT2D eigenvalue weighted by Crippen LogP contribution is 2.08. The summed E-state index contributed by atoms with van der Waals surface area (Å²) in [5.74, 6) is 0. The summed E-state index contributed by atoms with van der Waals surface area (Å²) in [4.78, 5) is 6.73. The lowest BCUT2D eigenvalue weighted by Gasteiger charge is -2.18. The first-order valence-electron chi connectivity index (χ1n) is 6.04. The van der Waals surface area contributed by atoms with Crippen molar-refractivity contribution < 1.29 is 4.74 Å². The second kappa shape index (κ2) is 7.41. The highest BCUT2D eigenvalue weighted by atomic mass is 32.1. The molecule has 18 heavy (non-hydrogen) atoms. The molecule has 0 radical (unpaired) electrons. The van der Waals surface area contributed by atoms with Gasteiger partial charge in [-0.3, -0.25) is 9.88 Å². The minimum absolute atomic E-state index is 0.268. The fourth-order valence-electron chi connectivity index (χ4n) is 1.60. The summed E-state index contributed by atoms with van der Waals surface area (Å²) in [7, 11) is 2.04. The molecule has 1 heterocycles. The number of thiocarbonyl (C=S) groups is 1. The third-order valence-electron chi connectivity index (χ3n) is 2.49. The molecule has 2 N–H and O–H groups in total. The quantitative estimate of drug-likeness (QED) is 0.760. The molecule has 1 aromatic heterocycles. The minimum Gasteiger partial charge on any atom is -0.388 e. The van der Waals surface area contributed by atoms with Crippen LogP contribution in [0.3, 0.4) is 0 Å². The first-order chi connectivity index (χ1) is 8.50. The van der Waals surface area contributed by atoms with Crippen LogP contribution in [0, 0.1) is 0 Å². The Bertz CT molecular complexity index is 396. The average Bonchev–Trinajstić information content (AvgIpc) is 2.28. The first-order valence-corrected chi connectivity index (χ1v) is 6.45. The summed E-state index contributed by atoms with van der Waals surface area (Å²) in [6.07, 6.45) is 1.98. The maximum Gasteiger partial charge on any atom is 0.123 e. The van der Waals surface area contributed by atoms with Gasteiger partial charge in [0.15, 0.2) is 0 Å². The van der Waals surface area contributed by atoms with Gasteiger partial charge in [-0.15, -0.1) is 0 Å². The molecule has 0 aliphatic heterocycles. The van der Waals surface area contributed by atoms with E-state index >= 15 is 0 Å². The number of hydrogen-bond acceptors (Lipinski definition) is 4. The van der Waals surface area contributed by atoms with Crippen LogP contribution in [0.5, 0.6) is 0 Å². The van der Waals surface area contributed by atoms with Crippen LogP contribution in [0.2, 0.25) is 0 Å². The predicted octanol–water partition coefficient (Wildman–Crippen LogP) is 1.57. The molecule has 0 spiro atoms. The van der Waals surface area contributed by atoms with Crippen molar-refractivity contribution >= 4 is 17.2 Å². The van der Waals surface area contributed by atoms with Gasteiger partial charge in [0.05, 0.1) is 12.7 Å². The van der Waals surface area contributed by atoms with Crippen LogP contribution in [-0.2, 0) is 11.3 Å². The minimum atomic E-state index is 0.268. The fraction of sp³-hybridized carbons (Fsp3) is 0.538. The van der Waals surface area contributed by atoms with Crippen LogP contribution in [-0.4, -0.2) is 41.2 Å². The standard InChI is InChI=1S/C13H21N3OS/c1-10(2)17-8-7-16(3)9-11-5-4-6-15-12(11)13(14)18/h4-6,10H,7-9H2,1-3H3,(H2,14,18). The maximum absolute atomic E-state index is 5.66. The van der Waals surface area contributed by atoms with Gasteiger partial charge in [0.1, 0.15) is 10.7 Å². The monoisotopic (exact) mass is 267 g/mol. The summed E-state index contributed by atoms with van der Waals surface area (Å²) in [6.45, 7) is 6.42. The van der Waals surface area contributed by atoms with Crippen molar-refractivity contribution in [1.29, 1.82) is 0 Å². The highest BCUT2D eigenvalue weighted by molar-refractivity contribution is 7.80. The molecule has 0 aliphatic rings. The van der Waals surface area contributed by atoms with Gasteiger partial charge in [-0.1, -0.05) is 18.3 Å². The third kappa shape index (κ3) is 5.08. The zero-order valence-electron chi connectivity index (χ0n) is 11.2. The third-order valence-corrected chi connectivity index (χ3v) is 2.68. The number of hydrogen-bond donors (Lipinski definition) is 1. The molecule has 4 nitrogen and oxygen atoms in total. The lowest BCUT2D eigenvalue weighted by Crippen LogP contribution is -2.26. The predicted molar refractivity (Wildman–Crippen MR) is 77.5 cm³/mol. The van der Waals surface area contributed by atoms with Crippen LogP contribution in [0.25, 0.3) is 0 Å². The van der Waals surface area contributed by atoms with E-state index in [0.717, 1.165) is 25.3 Å². The number of rotatable bonds is 7. The Morgan fingerprint density at radius 1 is 1.56 bits per heavy atom. The van der Waals surface area contributed by atoms with Gasteiger partial charge in [-0.25, -0.2) is 0 Å². The molecule has 0 fully saturated rings. The van der Waals surface area contributed by atoms with Crippen molar-refractivity contribution in [3.8, 4) is 0 Å². The van der Waals surface area contributed by atoms with Crippen molar-refractivity contribution in [3.63, 3.8) is 0 Å². The molecule has 0 saturated heterocycles. The number of pyridine rings is 1. The topological polar surface area (TPSA) is 51.4 Å². The van der Waals surface area contributed by atoms with E-state index in [1.54, 1.807) is 6.20 Å². The van der Waals surface area contributed by atoms with Crippen molar-refractivity contribution in [2.45, 2.75) is 26.5 Å². The van der Waals surface area contributed by atoms with Gasteiger partial charge in [-0.05, 0) is 32.5 Å². The van der Waals surface area contributed by atoms with E-state index in [2.05, 4.69) is 9.88 Å². The zero-order chi connectivity index (χ0) is 13.5. The Morgan fingerprint density at radius 2 is 2.28 bits per heavy atom. The molecule has 0 aromatic carbocycles. The molecule has 0 amide bonds. The summed E-state index contributed by atoms with van der Waals surface area (Å²) in [5, 5.41) is 0. The van der Waals surface area contributed by atoms with Crippen LogP contribution in [0.1, 0.15) is 25.1 Å². The largest absolute Gasteiger partial charge is 0.388 e. The Hall–Kier alpha value is -1.04. The molecular formula is C13H21N3OS. The van der Waals surface area contributed by atoms with Gasteiger partial charge in [-0.2, -0.15) is 0 Å². The van der Waals surface area contributed by atoms with Crippen molar-refractivity contribution in [2.24, 2.45) is 5.73 Å². The van der Waals surface area contributed by atoms with E-state index in [4.69, 9.17) is 22.7 Å². The number of likely N-dealkylation sites (N-methyl/N-ethyl adjacent to an activating group) is 1. The highest BCUT2D eigenvalue weighted by Gasteiger charge is 2.08. The lowest BCUT2D eigenvalue weighted by molar-refractivity contribution is 0.0627. The van der Waals surface area contributed by atoms with Gasteiger partial charge >= 0.3 is 0 Å². The second-order valence-electron chi connectivity index (χ2n) is 4.53. The van der Waals surface area contributed by atoms with Gasteiger partial charge in [0.25, 0.3) is 0 Å². The molecule has 0 atom stereocenters. The van der Waals surface area contributed by atoms with E-state index in [0.29, 0.717) is 10.7 Å². The second-order valence-corrected chi connectivity index (χ2v) is 4.97. The van der Waals surface area contributed by atoms with Crippen LogP contribution < -0.4 is 5.73 Å². The normalized spacial score (nSPS) is 11.2. The Balaban J connectivity index is 2.53. The van der Waals surface area contributed by atoms with E-state index < -0.39 is 0 Å². The molecule has 0 saturated carbocycles. The zero-order valence-corrected chi connectivity index (χ0v) is 12.0. The molecule has 0 unspecified atom stereocenters. The summed E-state index contributed by atoms with van der Waals surface area (Å²) < 4.78 is 5.52. The van der Waals surface area contributed by atoms with E-state index in [1.165, 1.54) is 0 Å². The van der Waals surface area contributed by atoms with Crippen molar-refractivity contribution in [2.75, 3.05) is 20.2 Å². The molecular weight excluding hydrogens is 246 g/mol. The summed E-state index contributed by atoms with van der Waals surface area (Å²) in [5.41, 5.74) is 7.42.